The summed E-state index contributed by atoms with van der Waals surface area (Å²) in [5.41, 5.74) is 0.439. The molecule has 1 N–H and O–H groups in total. The molecule has 0 aromatic carbocycles. The fraction of sp³-hybridized carbons (Fsp3) is 0.909. The summed E-state index contributed by atoms with van der Waals surface area (Å²) in [6.07, 6.45) is 4.52. The van der Waals surface area contributed by atoms with Gasteiger partial charge in [0.1, 0.15) is 0 Å². The Balaban J connectivity index is 0.00000169. The molecule has 1 aliphatic rings. The van der Waals surface area contributed by atoms with E-state index >= 15 is 0 Å². The molecule has 14 heavy (non-hydrogen) atoms. The van der Waals surface area contributed by atoms with Crippen LogP contribution in [0.25, 0.3) is 0 Å². The number of rotatable bonds is 2. The van der Waals surface area contributed by atoms with Gasteiger partial charge in [-0.1, -0.05) is 20.8 Å². The van der Waals surface area contributed by atoms with Crippen molar-refractivity contribution in [1.29, 1.82) is 0 Å². The summed E-state index contributed by atoms with van der Waals surface area (Å²) in [4.78, 5) is 10.8. The first kappa shape index (κ1) is 13.8. The van der Waals surface area contributed by atoms with Gasteiger partial charge < -0.3 is 5.11 Å². The van der Waals surface area contributed by atoms with Gasteiger partial charge in [0.2, 0.25) is 0 Å². The predicted octanol–water partition coefficient (Wildman–Crippen LogP) is 3.04. The van der Waals surface area contributed by atoms with Gasteiger partial charge in [0.15, 0.2) is 0 Å². The second-order valence-electron chi connectivity index (χ2n) is 5.13. The smallest absolute Gasteiger partial charge is 0.306 e. The molecule has 0 amide bonds. The van der Waals surface area contributed by atoms with Gasteiger partial charge in [0.05, 0.1) is 5.92 Å². The molecule has 0 aromatic rings. The van der Waals surface area contributed by atoms with Crippen molar-refractivity contribution >= 4 is 19.5 Å². The molecule has 0 aromatic heterocycles. The largest absolute Gasteiger partial charge is 0.481 e. The topological polar surface area (TPSA) is 37.3 Å². The van der Waals surface area contributed by atoms with Gasteiger partial charge in [-0.25, -0.2) is 0 Å². The number of aliphatic carboxylic acids is 1. The normalized spacial score (nSPS) is 23.6. The summed E-state index contributed by atoms with van der Waals surface area (Å²) in [6.45, 7) is 6.38. The number of hydrogen-bond acceptors (Lipinski definition) is 1. The van der Waals surface area contributed by atoms with Crippen LogP contribution in [-0.4, -0.2) is 11.1 Å². The molecule has 84 valence electrons. The molecule has 0 heterocycles. The van der Waals surface area contributed by atoms with E-state index in [0.717, 1.165) is 12.8 Å². The standard InChI is InChI=1S/C11H20O2.H2S/c1-8(10(12)13)9-4-6-11(2,3)7-5-9;/h8-9H,4-7H2,1-3H3,(H,12,13);1H2/t8-;/m0./s1. The lowest BCUT2D eigenvalue weighted by atomic mass is 9.70. The monoisotopic (exact) mass is 218 g/mol. The van der Waals surface area contributed by atoms with Crippen LogP contribution in [0.1, 0.15) is 46.5 Å². The number of carboxylic acids is 1. The van der Waals surface area contributed by atoms with Crippen molar-refractivity contribution in [3.8, 4) is 0 Å². The summed E-state index contributed by atoms with van der Waals surface area (Å²) in [7, 11) is 0. The van der Waals surface area contributed by atoms with E-state index in [0.29, 0.717) is 11.3 Å². The minimum Gasteiger partial charge on any atom is -0.481 e. The lowest BCUT2D eigenvalue weighted by Gasteiger charge is -2.35. The molecule has 0 aliphatic heterocycles. The number of carboxylic acid groups (broad SMARTS) is 1. The van der Waals surface area contributed by atoms with Crippen molar-refractivity contribution in [3.63, 3.8) is 0 Å². The van der Waals surface area contributed by atoms with E-state index in [2.05, 4.69) is 13.8 Å². The van der Waals surface area contributed by atoms with E-state index in [-0.39, 0.29) is 19.4 Å². The van der Waals surface area contributed by atoms with E-state index in [1.807, 2.05) is 6.92 Å². The Morgan fingerprint density at radius 2 is 1.79 bits per heavy atom. The average molecular weight is 218 g/mol. The Kier molecular flexibility index (Phi) is 4.99. The highest BCUT2D eigenvalue weighted by atomic mass is 32.1. The van der Waals surface area contributed by atoms with Crippen molar-refractivity contribution in [2.75, 3.05) is 0 Å². The first-order valence-corrected chi connectivity index (χ1v) is 5.15. The zero-order valence-electron chi connectivity index (χ0n) is 9.34. The van der Waals surface area contributed by atoms with Crippen molar-refractivity contribution in [1.82, 2.24) is 0 Å². The summed E-state index contributed by atoms with van der Waals surface area (Å²) in [5, 5.41) is 8.86. The highest BCUT2D eigenvalue weighted by Crippen LogP contribution is 2.40. The fourth-order valence-electron chi connectivity index (χ4n) is 2.12. The summed E-state index contributed by atoms with van der Waals surface area (Å²) < 4.78 is 0. The van der Waals surface area contributed by atoms with Crippen molar-refractivity contribution < 1.29 is 9.90 Å². The fourth-order valence-corrected chi connectivity index (χ4v) is 2.12. The SMILES string of the molecule is C[C@H](C(=O)O)C1CCC(C)(C)CC1.S. The van der Waals surface area contributed by atoms with Crippen molar-refractivity contribution in [3.05, 3.63) is 0 Å². The molecule has 0 spiro atoms. The van der Waals surface area contributed by atoms with Gasteiger partial charge in [0.25, 0.3) is 0 Å². The van der Waals surface area contributed by atoms with E-state index in [1.165, 1.54) is 12.8 Å². The van der Waals surface area contributed by atoms with Crippen molar-refractivity contribution in [2.45, 2.75) is 46.5 Å². The van der Waals surface area contributed by atoms with E-state index in [1.54, 1.807) is 0 Å². The Morgan fingerprint density at radius 1 is 1.36 bits per heavy atom. The minimum atomic E-state index is -0.635. The van der Waals surface area contributed by atoms with Crippen LogP contribution in [0.2, 0.25) is 0 Å². The molecule has 1 aliphatic carbocycles. The zero-order valence-corrected chi connectivity index (χ0v) is 10.3. The average Bonchev–Trinajstić information content (AvgIpc) is 2.03. The molecule has 1 rings (SSSR count). The van der Waals surface area contributed by atoms with Gasteiger partial charge in [-0.2, -0.15) is 13.5 Å². The van der Waals surface area contributed by atoms with E-state index in [9.17, 15) is 4.79 Å². The third-order valence-electron chi connectivity index (χ3n) is 3.48. The molecule has 1 atom stereocenters. The first-order valence-electron chi connectivity index (χ1n) is 5.15. The highest BCUT2D eigenvalue weighted by molar-refractivity contribution is 7.59. The van der Waals surface area contributed by atoms with Crippen LogP contribution in [0.4, 0.5) is 0 Å². The predicted molar refractivity (Wildman–Crippen MR) is 62.9 cm³/mol. The second kappa shape index (κ2) is 5.06. The lowest BCUT2D eigenvalue weighted by molar-refractivity contribution is -0.143. The molecular weight excluding hydrogens is 196 g/mol. The molecule has 3 heteroatoms. The van der Waals surface area contributed by atoms with Crippen LogP contribution in [0.3, 0.4) is 0 Å². The molecule has 0 radical (unpaired) electrons. The Labute approximate surface area is 93.5 Å². The third-order valence-corrected chi connectivity index (χ3v) is 3.48. The maximum atomic E-state index is 10.8. The van der Waals surface area contributed by atoms with E-state index < -0.39 is 5.97 Å². The summed E-state index contributed by atoms with van der Waals surface area (Å²) >= 11 is 0. The van der Waals surface area contributed by atoms with Gasteiger partial charge >= 0.3 is 5.97 Å². The molecule has 2 nitrogen and oxygen atoms in total. The van der Waals surface area contributed by atoms with Crippen LogP contribution in [0, 0.1) is 17.3 Å². The van der Waals surface area contributed by atoms with Crippen LogP contribution in [0.15, 0.2) is 0 Å². The van der Waals surface area contributed by atoms with Crippen molar-refractivity contribution in [2.24, 2.45) is 17.3 Å². The Bertz CT molecular complexity index is 191. The lowest BCUT2D eigenvalue weighted by Crippen LogP contribution is -2.28. The molecule has 0 saturated heterocycles. The van der Waals surface area contributed by atoms with Gasteiger partial charge in [-0.15, -0.1) is 0 Å². The first-order chi connectivity index (χ1) is 5.92. The van der Waals surface area contributed by atoms with E-state index in [4.69, 9.17) is 5.11 Å². The molecule has 0 unspecified atom stereocenters. The molecule has 1 fully saturated rings. The van der Waals surface area contributed by atoms with Crippen LogP contribution in [0.5, 0.6) is 0 Å². The van der Waals surface area contributed by atoms with Gasteiger partial charge in [0, 0.05) is 0 Å². The number of carbonyl (C=O) groups is 1. The maximum absolute atomic E-state index is 10.8. The zero-order chi connectivity index (χ0) is 10.1. The minimum absolute atomic E-state index is 0. The summed E-state index contributed by atoms with van der Waals surface area (Å²) in [5.74, 6) is -0.383. The molecule has 1 saturated carbocycles. The molecule has 0 bridgehead atoms. The highest BCUT2D eigenvalue weighted by Gasteiger charge is 2.31. The van der Waals surface area contributed by atoms with Gasteiger partial charge in [-0.05, 0) is 37.0 Å². The number of hydrogen-bond donors (Lipinski definition) is 1. The Morgan fingerprint density at radius 3 is 2.14 bits per heavy atom. The molecular formula is C11H22O2S. The second-order valence-corrected chi connectivity index (χ2v) is 5.13. The quantitative estimate of drug-likeness (QED) is 0.773. The van der Waals surface area contributed by atoms with Crippen LogP contribution in [-0.2, 0) is 4.79 Å². The Hall–Kier alpha value is -0.180. The third kappa shape index (κ3) is 3.52. The van der Waals surface area contributed by atoms with Gasteiger partial charge in [-0.3, -0.25) is 4.79 Å². The van der Waals surface area contributed by atoms with Crippen LogP contribution < -0.4 is 0 Å². The maximum Gasteiger partial charge on any atom is 0.306 e. The van der Waals surface area contributed by atoms with Crippen LogP contribution >= 0.6 is 13.5 Å². The summed E-state index contributed by atoms with van der Waals surface area (Å²) in [6, 6.07) is 0.